The van der Waals surface area contributed by atoms with Crippen LogP contribution in [0.15, 0.2) is 83.3 Å². The van der Waals surface area contributed by atoms with Crippen LogP contribution in [-0.2, 0) is 11.0 Å². The number of rotatable bonds is 5. The molecule has 0 aliphatic carbocycles. The van der Waals surface area contributed by atoms with Gasteiger partial charge in [-0.3, -0.25) is 14.5 Å². The second kappa shape index (κ2) is 10.3. The molecule has 1 unspecified atom stereocenters. The maximum Gasteiger partial charge on any atom is 0.416 e. The zero-order valence-corrected chi connectivity index (χ0v) is 22.6. The molecular formula is C29H24BrF3N4O2. The van der Waals surface area contributed by atoms with Gasteiger partial charge in [0.25, 0.3) is 11.8 Å². The van der Waals surface area contributed by atoms with E-state index in [0.717, 1.165) is 33.4 Å². The highest BCUT2D eigenvalue weighted by molar-refractivity contribution is 9.10. The van der Waals surface area contributed by atoms with Gasteiger partial charge < -0.3 is 5.32 Å². The Bertz CT molecular complexity index is 1530. The lowest BCUT2D eigenvalue weighted by Gasteiger charge is -2.38. The summed E-state index contributed by atoms with van der Waals surface area (Å²) in [5.41, 5.74) is 1.84. The first-order valence-electron chi connectivity index (χ1n) is 12.3. The van der Waals surface area contributed by atoms with E-state index in [4.69, 9.17) is 5.10 Å². The number of halogens is 4. The molecule has 0 radical (unpaired) electrons. The van der Waals surface area contributed by atoms with Crippen LogP contribution < -0.4 is 10.2 Å². The average Bonchev–Trinajstić information content (AvgIpc) is 3.26. The van der Waals surface area contributed by atoms with Gasteiger partial charge in [0.15, 0.2) is 0 Å². The Morgan fingerprint density at radius 2 is 1.72 bits per heavy atom. The molecule has 1 aliphatic rings. The number of likely N-dealkylation sites (N-methyl/N-ethyl adjacent to an activating group) is 1. The van der Waals surface area contributed by atoms with Gasteiger partial charge in [0.2, 0.25) is 0 Å². The zero-order chi connectivity index (χ0) is 27.9. The molecule has 6 nitrogen and oxygen atoms in total. The summed E-state index contributed by atoms with van der Waals surface area (Å²) in [5, 5.41) is 7.54. The summed E-state index contributed by atoms with van der Waals surface area (Å²) in [6.45, 7) is 3.97. The van der Waals surface area contributed by atoms with Crippen molar-refractivity contribution in [3.63, 3.8) is 0 Å². The summed E-state index contributed by atoms with van der Waals surface area (Å²) >= 11 is 3.44. The van der Waals surface area contributed by atoms with Crippen molar-refractivity contribution in [1.82, 2.24) is 15.1 Å². The number of benzene rings is 3. The maximum absolute atomic E-state index is 14.0. The third kappa shape index (κ3) is 4.96. The number of aromatic nitrogens is 2. The molecule has 1 aliphatic heterocycles. The molecule has 0 spiro atoms. The third-order valence-corrected chi connectivity index (χ3v) is 7.33. The summed E-state index contributed by atoms with van der Waals surface area (Å²) in [7, 11) is 0. The largest absolute Gasteiger partial charge is 0.416 e. The number of fused-ring (bicyclic) bond motifs is 1. The quantitative estimate of drug-likeness (QED) is 0.296. The fourth-order valence-corrected chi connectivity index (χ4v) is 5.29. The van der Waals surface area contributed by atoms with E-state index in [9.17, 15) is 22.8 Å². The minimum absolute atomic E-state index is 0.183. The highest BCUT2D eigenvalue weighted by Crippen LogP contribution is 2.43. The predicted molar refractivity (Wildman–Crippen MR) is 145 cm³/mol. The average molecular weight is 597 g/mol. The number of hydrogen-bond acceptors (Lipinski definition) is 3. The molecule has 10 heteroatoms. The fourth-order valence-electron chi connectivity index (χ4n) is 5.02. The number of amides is 2. The Labute approximate surface area is 231 Å². The number of aryl methyl sites for hydroxylation is 1. The van der Waals surface area contributed by atoms with Gasteiger partial charge in [-0.2, -0.15) is 18.3 Å². The van der Waals surface area contributed by atoms with Gasteiger partial charge in [-0.05, 0) is 61.9 Å². The van der Waals surface area contributed by atoms with E-state index in [1.807, 2.05) is 68.4 Å². The van der Waals surface area contributed by atoms with Gasteiger partial charge in [0.1, 0.15) is 11.9 Å². The SMILES string of the molecule is CCN1C(=O)C(NC(=O)c2cccc(C(F)(F)F)c2)[C@@H](c2ccc(Br)cc2)c2c(C)nn(-c3ccccc3)c21. The molecule has 1 N–H and O–H groups in total. The lowest BCUT2D eigenvalue weighted by atomic mass is 9.81. The summed E-state index contributed by atoms with van der Waals surface area (Å²) in [6.07, 6.45) is -4.60. The molecule has 3 aromatic carbocycles. The van der Waals surface area contributed by atoms with E-state index in [0.29, 0.717) is 18.1 Å². The molecule has 39 heavy (non-hydrogen) atoms. The number of carbonyl (C=O) groups excluding carboxylic acids is 2. The molecule has 2 amide bonds. The standard InChI is InChI=1S/C29H24BrF3N4O2/c1-3-36-27-23(17(2)35-37(27)22-10-5-4-6-11-22)24(18-12-14-21(30)15-13-18)25(28(36)39)34-26(38)19-8-7-9-20(16-19)29(31,32)33/h4-16,24-25H,3H2,1-2H3,(H,34,38)/t24-,25?/m0/s1. The van der Waals surface area contributed by atoms with Crippen molar-refractivity contribution in [2.24, 2.45) is 0 Å². The Morgan fingerprint density at radius 3 is 2.36 bits per heavy atom. The molecule has 0 saturated carbocycles. The van der Waals surface area contributed by atoms with E-state index in [1.54, 1.807) is 9.58 Å². The molecule has 2 atom stereocenters. The third-order valence-electron chi connectivity index (χ3n) is 6.80. The highest BCUT2D eigenvalue weighted by atomic mass is 79.9. The number of alkyl halides is 3. The first-order chi connectivity index (χ1) is 18.6. The predicted octanol–water partition coefficient (Wildman–Crippen LogP) is 6.26. The summed E-state index contributed by atoms with van der Waals surface area (Å²) in [5.74, 6) is -1.18. The van der Waals surface area contributed by atoms with E-state index >= 15 is 0 Å². The van der Waals surface area contributed by atoms with E-state index in [1.165, 1.54) is 12.1 Å². The Kier molecular flexibility index (Phi) is 7.07. The van der Waals surface area contributed by atoms with E-state index in [-0.39, 0.29) is 11.5 Å². The Balaban J connectivity index is 1.65. The van der Waals surface area contributed by atoms with E-state index in [2.05, 4.69) is 21.2 Å². The Hall–Kier alpha value is -3.92. The van der Waals surface area contributed by atoms with Crippen LogP contribution >= 0.6 is 15.9 Å². The number of hydrogen-bond donors (Lipinski definition) is 1. The highest BCUT2D eigenvalue weighted by Gasteiger charge is 2.45. The van der Waals surface area contributed by atoms with Gasteiger partial charge in [-0.15, -0.1) is 0 Å². The number of nitrogens with one attached hydrogen (secondary N) is 1. The molecule has 0 bridgehead atoms. The molecule has 2 heterocycles. The number of carbonyl (C=O) groups is 2. The van der Waals surface area contributed by atoms with Gasteiger partial charge in [0, 0.05) is 28.1 Å². The molecule has 5 rings (SSSR count). The number of para-hydroxylation sites is 1. The van der Waals surface area contributed by atoms with Gasteiger partial charge in [0.05, 0.1) is 16.9 Å². The first-order valence-corrected chi connectivity index (χ1v) is 13.1. The second-order valence-electron chi connectivity index (χ2n) is 9.21. The van der Waals surface area contributed by atoms with Gasteiger partial charge in [-0.1, -0.05) is 52.3 Å². The molecular weight excluding hydrogens is 573 g/mol. The summed E-state index contributed by atoms with van der Waals surface area (Å²) < 4.78 is 42.5. The van der Waals surface area contributed by atoms with Gasteiger partial charge >= 0.3 is 6.18 Å². The zero-order valence-electron chi connectivity index (χ0n) is 21.0. The van der Waals surface area contributed by atoms with E-state index < -0.39 is 29.6 Å². The molecule has 0 fully saturated rings. The second-order valence-corrected chi connectivity index (χ2v) is 10.1. The van der Waals surface area contributed by atoms with Crippen LogP contribution in [-0.4, -0.2) is 34.2 Å². The van der Waals surface area contributed by atoms with Crippen molar-refractivity contribution < 1.29 is 22.8 Å². The fraction of sp³-hybridized carbons (Fsp3) is 0.207. The van der Waals surface area contributed by atoms with Crippen LogP contribution in [0.5, 0.6) is 0 Å². The number of anilines is 1. The van der Waals surface area contributed by atoms with Crippen LogP contribution in [0.2, 0.25) is 0 Å². The van der Waals surface area contributed by atoms with Crippen LogP contribution in [0.25, 0.3) is 5.69 Å². The van der Waals surface area contributed by atoms with Crippen LogP contribution in [0.4, 0.5) is 19.0 Å². The van der Waals surface area contributed by atoms with Crippen molar-refractivity contribution in [3.05, 3.63) is 111 Å². The summed E-state index contributed by atoms with van der Waals surface area (Å²) in [4.78, 5) is 28.9. The normalized spacial score (nSPS) is 17.2. The van der Waals surface area contributed by atoms with Crippen LogP contribution in [0.3, 0.4) is 0 Å². The van der Waals surface area contributed by atoms with Crippen molar-refractivity contribution in [2.45, 2.75) is 32.0 Å². The minimum Gasteiger partial charge on any atom is -0.339 e. The summed E-state index contributed by atoms with van der Waals surface area (Å²) in [6, 6.07) is 19.9. The van der Waals surface area contributed by atoms with Crippen molar-refractivity contribution >= 4 is 33.6 Å². The van der Waals surface area contributed by atoms with Crippen molar-refractivity contribution in [3.8, 4) is 5.69 Å². The van der Waals surface area contributed by atoms with Gasteiger partial charge in [-0.25, -0.2) is 4.68 Å². The monoisotopic (exact) mass is 596 g/mol. The smallest absolute Gasteiger partial charge is 0.339 e. The molecule has 0 saturated heterocycles. The number of nitrogens with zero attached hydrogens (tertiary/aromatic N) is 3. The molecule has 1 aromatic heterocycles. The lowest BCUT2D eigenvalue weighted by molar-refractivity contribution is -0.137. The Morgan fingerprint density at radius 1 is 1.03 bits per heavy atom. The topological polar surface area (TPSA) is 67.2 Å². The van der Waals surface area contributed by atoms with Crippen LogP contribution in [0.1, 0.15) is 45.6 Å². The maximum atomic E-state index is 14.0. The molecule has 200 valence electrons. The lowest BCUT2D eigenvalue weighted by Crippen LogP contribution is -2.55. The molecule has 4 aromatic rings. The van der Waals surface area contributed by atoms with Crippen molar-refractivity contribution in [1.29, 1.82) is 0 Å². The van der Waals surface area contributed by atoms with Crippen LogP contribution in [0, 0.1) is 6.92 Å². The first kappa shape index (κ1) is 26.7. The minimum atomic E-state index is -4.60. The van der Waals surface area contributed by atoms with Crippen molar-refractivity contribution in [2.75, 3.05) is 11.4 Å².